The second-order valence-corrected chi connectivity index (χ2v) is 12.1. The van der Waals surface area contributed by atoms with Gasteiger partial charge in [0.15, 0.2) is 0 Å². The first-order valence-corrected chi connectivity index (χ1v) is 13.1. The van der Waals surface area contributed by atoms with Gasteiger partial charge in [-0.1, -0.05) is 81.0 Å². The summed E-state index contributed by atoms with van der Waals surface area (Å²) in [6.07, 6.45) is 10.0. The minimum Gasteiger partial charge on any atom is -0.252 e. The molecule has 0 saturated carbocycles. The fraction of sp³-hybridized carbons (Fsp3) is 0.417. The van der Waals surface area contributed by atoms with E-state index in [-0.39, 0.29) is 8.07 Å². The fourth-order valence-electron chi connectivity index (χ4n) is 3.80. The van der Waals surface area contributed by atoms with Crippen LogP contribution in [0.3, 0.4) is 0 Å². The summed E-state index contributed by atoms with van der Waals surface area (Å²) >= 11 is 0. The quantitative estimate of drug-likeness (QED) is 0.363. The highest BCUT2D eigenvalue weighted by Gasteiger charge is 2.34. The van der Waals surface area contributed by atoms with Gasteiger partial charge in [-0.25, -0.2) is 0 Å². The SMILES string of the molecule is CCCCN(P(c1ccccc1C)c1ccccc1C)P1CC=C[C@H]1CC. The third-order valence-corrected chi connectivity index (χ3v) is 11.9. The van der Waals surface area contributed by atoms with Crippen molar-refractivity contribution in [3.63, 3.8) is 0 Å². The molecule has 2 atom stereocenters. The van der Waals surface area contributed by atoms with Gasteiger partial charge in [0.05, 0.1) is 0 Å². The predicted molar refractivity (Wildman–Crippen MR) is 125 cm³/mol. The summed E-state index contributed by atoms with van der Waals surface area (Å²) in [7, 11) is -0.633. The second kappa shape index (κ2) is 9.97. The summed E-state index contributed by atoms with van der Waals surface area (Å²) in [4.78, 5) is 0. The number of benzene rings is 2. The van der Waals surface area contributed by atoms with Crippen LogP contribution in [0.2, 0.25) is 0 Å². The molecule has 0 radical (unpaired) electrons. The molecule has 0 spiro atoms. The normalized spacial score (nSPS) is 19.3. The van der Waals surface area contributed by atoms with Gasteiger partial charge < -0.3 is 0 Å². The summed E-state index contributed by atoms with van der Waals surface area (Å²) in [6, 6.07) is 18.2. The van der Waals surface area contributed by atoms with Crippen molar-refractivity contribution in [1.82, 2.24) is 4.44 Å². The van der Waals surface area contributed by atoms with Crippen molar-refractivity contribution in [3.8, 4) is 0 Å². The van der Waals surface area contributed by atoms with Crippen LogP contribution in [-0.4, -0.2) is 22.8 Å². The third kappa shape index (κ3) is 4.71. The van der Waals surface area contributed by atoms with Crippen molar-refractivity contribution in [3.05, 3.63) is 71.8 Å². The van der Waals surface area contributed by atoms with Crippen LogP contribution in [0.25, 0.3) is 0 Å². The zero-order valence-corrected chi connectivity index (χ0v) is 19.0. The largest absolute Gasteiger partial charge is 0.252 e. The standard InChI is InChI=1S/C24H33NP2/c1-5-7-18-25(26-19-12-15-22(26)6-2)27(23-16-10-8-13-20(23)3)24-17-11-9-14-21(24)4/h8-17,22H,5-7,18-19H2,1-4H3/t22-,26?/m1/s1. The molecule has 0 amide bonds. The van der Waals surface area contributed by atoms with Gasteiger partial charge in [0.25, 0.3) is 0 Å². The van der Waals surface area contributed by atoms with E-state index >= 15 is 0 Å². The minimum atomic E-state index is -0.489. The van der Waals surface area contributed by atoms with Crippen LogP contribution in [0.4, 0.5) is 0 Å². The number of allylic oxidation sites excluding steroid dienone is 2. The molecular weight excluding hydrogens is 364 g/mol. The molecule has 1 nitrogen and oxygen atoms in total. The second-order valence-electron chi connectivity index (χ2n) is 7.36. The van der Waals surface area contributed by atoms with Crippen molar-refractivity contribution >= 4 is 26.8 Å². The zero-order chi connectivity index (χ0) is 19.2. The molecule has 2 aromatic rings. The van der Waals surface area contributed by atoms with Gasteiger partial charge in [-0.05, 0) is 62.7 Å². The van der Waals surface area contributed by atoms with E-state index in [9.17, 15) is 0 Å². The van der Waals surface area contributed by atoms with Crippen LogP contribution < -0.4 is 10.6 Å². The first kappa shape index (κ1) is 20.7. The Morgan fingerprint density at radius 2 is 1.56 bits per heavy atom. The van der Waals surface area contributed by atoms with Crippen molar-refractivity contribution in [2.45, 2.75) is 52.6 Å². The zero-order valence-electron chi connectivity index (χ0n) is 17.2. The van der Waals surface area contributed by atoms with Crippen LogP contribution in [0.15, 0.2) is 60.7 Å². The molecule has 1 unspecified atom stereocenters. The van der Waals surface area contributed by atoms with E-state index in [0.29, 0.717) is 0 Å². The van der Waals surface area contributed by atoms with Crippen LogP contribution in [0.1, 0.15) is 44.2 Å². The Balaban J connectivity index is 2.11. The molecule has 0 saturated heterocycles. The monoisotopic (exact) mass is 397 g/mol. The van der Waals surface area contributed by atoms with E-state index < -0.39 is 8.07 Å². The molecule has 3 heteroatoms. The average Bonchev–Trinajstić information content (AvgIpc) is 3.15. The van der Waals surface area contributed by atoms with Gasteiger partial charge in [-0.2, -0.15) is 0 Å². The highest BCUT2D eigenvalue weighted by Crippen LogP contribution is 2.61. The van der Waals surface area contributed by atoms with Gasteiger partial charge in [-0.3, -0.25) is 4.44 Å². The van der Waals surface area contributed by atoms with E-state index in [4.69, 9.17) is 0 Å². The summed E-state index contributed by atoms with van der Waals surface area (Å²) in [6.45, 7) is 10.5. The maximum Gasteiger partial charge on any atom is 0.0323 e. The molecular formula is C24H33NP2. The van der Waals surface area contributed by atoms with Gasteiger partial charge in [0, 0.05) is 20.3 Å². The van der Waals surface area contributed by atoms with E-state index in [1.165, 1.54) is 43.1 Å². The highest BCUT2D eigenvalue weighted by molar-refractivity contribution is 7.79. The van der Waals surface area contributed by atoms with E-state index in [1.54, 1.807) is 10.6 Å². The molecule has 144 valence electrons. The van der Waals surface area contributed by atoms with Gasteiger partial charge >= 0.3 is 0 Å². The Hall–Kier alpha value is -1.00. The maximum atomic E-state index is 2.95. The lowest BCUT2D eigenvalue weighted by molar-refractivity contribution is 0.635. The minimum absolute atomic E-state index is 0.144. The van der Waals surface area contributed by atoms with E-state index in [0.717, 1.165) is 5.66 Å². The smallest absolute Gasteiger partial charge is 0.0323 e. The van der Waals surface area contributed by atoms with E-state index in [1.807, 2.05) is 0 Å². The summed E-state index contributed by atoms with van der Waals surface area (Å²) in [5.74, 6) is 0. The topological polar surface area (TPSA) is 3.24 Å². The molecule has 0 aromatic heterocycles. The maximum absolute atomic E-state index is 2.95. The van der Waals surface area contributed by atoms with Crippen LogP contribution in [0, 0.1) is 13.8 Å². The predicted octanol–water partition coefficient (Wildman–Crippen LogP) is 6.50. The highest BCUT2D eigenvalue weighted by atomic mass is 31.2. The lowest BCUT2D eigenvalue weighted by Gasteiger charge is -2.40. The van der Waals surface area contributed by atoms with Crippen LogP contribution in [0.5, 0.6) is 0 Å². The Labute approximate surface area is 168 Å². The van der Waals surface area contributed by atoms with Crippen molar-refractivity contribution < 1.29 is 0 Å². The molecule has 3 rings (SSSR count). The lowest BCUT2D eigenvalue weighted by Crippen LogP contribution is -2.30. The molecule has 0 fully saturated rings. The molecule has 1 aliphatic heterocycles. The molecule has 1 heterocycles. The molecule has 1 aliphatic rings. The molecule has 0 N–H and O–H groups in total. The number of rotatable bonds is 8. The molecule has 2 aromatic carbocycles. The summed E-state index contributed by atoms with van der Waals surface area (Å²) in [5, 5.41) is 3.09. The number of nitrogens with zero attached hydrogens (tertiary/aromatic N) is 1. The first-order chi connectivity index (χ1) is 13.2. The van der Waals surface area contributed by atoms with Gasteiger partial charge in [0.1, 0.15) is 0 Å². The number of unbranched alkanes of at least 4 members (excludes halogenated alkanes) is 1. The third-order valence-electron chi connectivity index (χ3n) is 5.38. The number of aryl methyl sites for hydroxylation is 2. The van der Waals surface area contributed by atoms with Crippen LogP contribution >= 0.6 is 16.1 Å². The average molecular weight is 397 g/mol. The summed E-state index contributed by atoms with van der Waals surface area (Å²) < 4.78 is 2.95. The van der Waals surface area contributed by atoms with Crippen molar-refractivity contribution in [1.29, 1.82) is 0 Å². The number of hydrogen-bond acceptors (Lipinski definition) is 1. The van der Waals surface area contributed by atoms with Crippen molar-refractivity contribution in [2.24, 2.45) is 0 Å². The van der Waals surface area contributed by atoms with Gasteiger partial charge in [-0.15, -0.1) is 0 Å². The fourth-order valence-corrected chi connectivity index (χ4v) is 10.6. The van der Waals surface area contributed by atoms with Gasteiger partial charge in [0.2, 0.25) is 0 Å². The number of hydrogen-bond donors (Lipinski definition) is 0. The van der Waals surface area contributed by atoms with Crippen molar-refractivity contribution in [2.75, 3.05) is 12.7 Å². The van der Waals surface area contributed by atoms with Crippen LogP contribution in [-0.2, 0) is 0 Å². The molecule has 0 aliphatic carbocycles. The van der Waals surface area contributed by atoms with E-state index in [2.05, 4.69) is 92.8 Å². The molecule has 27 heavy (non-hydrogen) atoms. The Bertz CT molecular complexity index is 725. The Kier molecular flexibility index (Phi) is 7.66. The lowest BCUT2D eigenvalue weighted by atomic mass is 10.2. The first-order valence-electron chi connectivity index (χ1n) is 10.3. The Morgan fingerprint density at radius 3 is 2.07 bits per heavy atom. The molecule has 0 bridgehead atoms. The summed E-state index contributed by atoms with van der Waals surface area (Å²) in [5.41, 5.74) is 3.61. The Morgan fingerprint density at radius 1 is 0.963 bits per heavy atom.